The first-order valence-corrected chi connectivity index (χ1v) is 4.99. The van der Waals surface area contributed by atoms with Gasteiger partial charge in [0.15, 0.2) is 0 Å². The molecule has 0 aliphatic heterocycles. The summed E-state index contributed by atoms with van der Waals surface area (Å²) in [5, 5.41) is 0. The third-order valence-corrected chi connectivity index (χ3v) is 1.99. The molecule has 6 nitrogen and oxygen atoms in total. The molecule has 7 heteroatoms. The smallest absolute Gasteiger partial charge is 0.416 e. The monoisotopic (exact) mass is 353 g/mol. The predicted octanol–water partition coefficient (Wildman–Crippen LogP) is -3.22. The molecule has 0 aromatic carbocycles. The highest BCUT2D eigenvalue weighted by Gasteiger charge is 2.19. The Morgan fingerprint density at radius 3 is 2.59 bits per heavy atom. The summed E-state index contributed by atoms with van der Waals surface area (Å²) < 4.78 is 7.90. The molecule has 0 radical (unpaired) electrons. The van der Waals surface area contributed by atoms with E-state index in [0.29, 0.717) is 6.61 Å². The molecule has 1 aromatic heterocycles. The maximum Gasteiger partial charge on any atom is 0.416 e. The number of carbonyl (C=O) groups is 2. The molecule has 1 aromatic rings. The number of likely N-dealkylation sites (N-methyl/N-ethyl adjacent to an activating group) is 1. The number of hydrogen-bond donors (Lipinski definition) is 0. The van der Waals surface area contributed by atoms with Crippen molar-refractivity contribution in [3.05, 3.63) is 18.7 Å². The van der Waals surface area contributed by atoms with Crippen LogP contribution in [-0.4, -0.2) is 41.7 Å². The number of imidazole rings is 1. The maximum atomic E-state index is 11.8. The van der Waals surface area contributed by atoms with E-state index in [1.807, 2.05) is 7.05 Å². The SMILES string of the molecule is CCOC(=O)CN(C)C(=O)n1cc[n+](C)c1.[I-]. The second-order valence-corrected chi connectivity index (χ2v) is 3.43. The zero-order valence-corrected chi connectivity index (χ0v) is 12.2. The van der Waals surface area contributed by atoms with E-state index in [0.717, 1.165) is 0 Å². The van der Waals surface area contributed by atoms with E-state index in [1.165, 1.54) is 9.47 Å². The highest BCUT2D eigenvalue weighted by molar-refractivity contribution is 5.81. The third-order valence-electron chi connectivity index (χ3n) is 1.99. The maximum absolute atomic E-state index is 11.8. The minimum absolute atomic E-state index is 0. The Labute approximate surface area is 117 Å². The lowest BCUT2D eigenvalue weighted by molar-refractivity contribution is -0.670. The van der Waals surface area contributed by atoms with Gasteiger partial charge in [0.25, 0.3) is 6.33 Å². The fraction of sp³-hybridized carbons (Fsp3) is 0.500. The molecule has 0 aliphatic rings. The molecule has 17 heavy (non-hydrogen) atoms. The number of ether oxygens (including phenoxy) is 1. The first-order chi connectivity index (χ1) is 7.54. The minimum atomic E-state index is -0.408. The Bertz CT molecular complexity index is 392. The number of nitrogens with zero attached hydrogens (tertiary/aromatic N) is 3. The summed E-state index contributed by atoms with van der Waals surface area (Å²) in [5.41, 5.74) is 0. The average Bonchev–Trinajstić information content (AvgIpc) is 2.64. The summed E-state index contributed by atoms with van der Waals surface area (Å²) in [6, 6.07) is -0.270. The van der Waals surface area contributed by atoms with E-state index >= 15 is 0 Å². The van der Waals surface area contributed by atoms with Gasteiger partial charge in [0.2, 0.25) is 0 Å². The number of halogens is 1. The topological polar surface area (TPSA) is 55.4 Å². The standard InChI is InChI=1S/C10H16N3O3.HI/c1-4-16-9(14)7-12(3)10(15)13-6-5-11(2)8-13;/h5-6,8H,4,7H2,1-3H3;1H/q+1;/p-1. The van der Waals surface area contributed by atoms with Crippen LogP contribution in [0.4, 0.5) is 4.79 Å². The van der Waals surface area contributed by atoms with Crippen LogP contribution >= 0.6 is 0 Å². The minimum Gasteiger partial charge on any atom is -1.00 e. The van der Waals surface area contributed by atoms with E-state index in [-0.39, 0.29) is 36.6 Å². The molecule has 1 amide bonds. The number of amides is 1. The van der Waals surface area contributed by atoms with Gasteiger partial charge in [-0.25, -0.2) is 9.36 Å². The summed E-state index contributed by atoms with van der Waals surface area (Å²) in [6.45, 7) is 2.00. The molecule has 1 heterocycles. The predicted molar refractivity (Wildman–Crippen MR) is 55.7 cm³/mol. The van der Waals surface area contributed by atoms with Crippen molar-refractivity contribution in [1.29, 1.82) is 0 Å². The Hall–Kier alpha value is -1.12. The number of hydrogen-bond acceptors (Lipinski definition) is 3. The molecule has 0 saturated heterocycles. The van der Waals surface area contributed by atoms with Gasteiger partial charge in [-0.05, 0) is 6.92 Å². The summed E-state index contributed by atoms with van der Waals surface area (Å²) in [6.07, 6.45) is 5.00. The molecule has 1 rings (SSSR count). The second kappa shape index (κ2) is 7.25. The van der Waals surface area contributed by atoms with Gasteiger partial charge in [0.05, 0.1) is 13.7 Å². The number of rotatable bonds is 3. The van der Waals surface area contributed by atoms with Crippen molar-refractivity contribution < 1.29 is 42.9 Å². The molecule has 0 fully saturated rings. The molecule has 0 saturated carbocycles. The van der Waals surface area contributed by atoms with Gasteiger partial charge in [-0.2, -0.15) is 4.57 Å². The van der Waals surface area contributed by atoms with Crippen LogP contribution in [0.1, 0.15) is 6.92 Å². The zero-order chi connectivity index (χ0) is 12.1. The van der Waals surface area contributed by atoms with Crippen molar-refractivity contribution >= 4 is 12.0 Å². The van der Waals surface area contributed by atoms with Crippen LogP contribution in [0.3, 0.4) is 0 Å². The molecule has 0 bridgehead atoms. The molecule has 0 spiro atoms. The Morgan fingerprint density at radius 1 is 1.47 bits per heavy atom. The highest BCUT2D eigenvalue weighted by Crippen LogP contribution is 1.93. The summed E-state index contributed by atoms with van der Waals surface area (Å²) in [5.74, 6) is -0.408. The largest absolute Gasteiger partial charge is 1.00 e. The summed E-state index contributed by atoms with van der Waals surface area (Å²) in [7, 11) is 3.37. The van der Waals surface area contributed by atoms with E-state index in [1.54, 1.807) is 37.3 Å². The number of esters is 1. The second-order valence-electron chi connectivity index (χ2n) is 3.43. The van der Waals surface area contributed by atoms with Crippen molar-refractivity contribution in [3.8, 4) is 0 Å². The van der Waals surface area contributed by atoms with Gasteiger partial charge in [-0.1, -0.05) is 0 Å². The van der Waals surface area contributed by atoms with Gasteiger partial charge in [-0.15, -0.1) is 0 Å². The molecule has 0 atom stereocenters. The number of aromatic nitrogens is 2. The van der Waals surface area contributed by atoms with E-state index in [4.69, 9.17) is 4.74 Å². The van der Waals surface area contributed by atoms with Crippen molar-refractivity contribution in [3.63, 3.8) is 0 Å². The molecule has 0 unspecified atom stereocenters. The molecule has 96 valence electrons. The molecule has 0 aliphatic carbocycles. The van der Waals surface area contributed by atoms with Gasteiger partial charge in [0.1, 0.15) is 18.9 Å². The van der Waals surface area contributed by atoms with Crippen molar-refractivity contribution in [2.24, 2.45) is 7.05 Å². The Morgan fingerprint density at radius 2 is 2.12 bits per heavy atom. The van der Waals surface area contributed by atoms with E-state index < -0.39 is 5.97 Å². The van der Waals surface area contributed by atoms with Crippen molar-refractivity contribution in [2.45, 2.75) is 6.92 Å². The van der Waals surface area contributed by atoms with Crippen LogP contribution in [0, 0.1) is 0 Å². The molecular weight excluding hydrogens is 337 g/mol. The van der Waals surface area contributed by atoms with Gasteiger partial charge >= 0.3 is 12.0 Å². The van der Waals surface area contributed by atoms with Gasteiger partial charge in [0, 0.05) is 7.05 Å². The Kier molecular flexibility index (Phi) is 6.78. The van der Waals surface area contributed by atoms with Gasteiger partial charge in [-0.3, -0.25) is 9.69 Å². The van der Waals surface area contributed by atoms with Crippen LogP contribution in [0.15, 0.2) is 18.7 Å². The van der Waals surface area contributed by atoms with E-state index in [2.05, 4.69) is 0 Å². The van der Waals surface area contributed by atoms with Gasteiger partial charge < -0.3 is 28.7 Å². The fourth-order valence-electron chi connectivity index (χ4n) is 1.23. The van der Waals surface area contributed by atoms with Crippen LogP contribution < -0.4 is 28.5 Å². The van der Waals surface area contributed by atoms with Crippen LogP contribution in [0.5, 0.6) is 0 Å². The first-order valence-electron chi connectivity index (χ1n) is 4.99. The summed E-state index contributed by atoms with van der Waals surface area (Å²) in [4.78, 5) is 24.2. The highest BCUT2D eigenvalue weighted by atomic mass is 127. The van der Waals surface area contributed by atoms with Crippen molar-refractivity contribution in [1.82, 2.24) is 9.47 Å². The third kappa shape index (κ3) is 4.72. The summed E-state index contributed by atoms with van der Waals surface area (Å²) >= 11 is 0. The van der Waals surface area contributed by atoms with Crippen molar-refractivity contribution in [2.75, 3.05) is 20.2 Å². The normalized spacial score (nSPS) is 9.35. The van der Waals surface area contributed by atoms with Crippen LogP contribution in [0.25, 0.3) is 0 Å². The zero-order valence-electron chi connectivity index (χ0n) is 10.1. The average molecular weight is 353 g/mol. The lowest BCUT2D eigenvalue weighted by Crippen LogP contribution is -3.00. The number of carbonyl (C=O) groups excluding carboxylic acids is 2. The quantitative estimate of drug-likeness (QED) is 0.327. The lowest BCUT2D eigenvalue weighted by Gasteiger charge is -2.12. The molecule has 0 N–H and O–H groups in total. The number of aryl methyl sites for hydroxylation is 1. The molecular formula is C10H16IN3O3. The van der Waals surface area contributed by atoms with E-state index in [9.17, 15) is 9.59 Å². The fourth-order valence-corrected chi connectivity index (χ4v) is 1.23. The van der Waals surface area contributed by atoms with Crippen LogP contribution in [0.2, 0.25) is 0 Å². The lowest BCUT2D eigenvalue weighted by atomic mass is 10.5. The first kappa shape index (κ1) is 15.9. The van der Waals surface area contributed by atoms with Crippen LogP contribution in [-0.2, 0) is 16.6 Å². The Balaban J connectivity index is 0.00000256.